The number of aliphatic hydroxyl groups is 1. The van der Waals surface area contributed by atoms with Crippen molar-refractivity contribution < 1.29 is 36.2 Å². The van der Waals surface area contributed by atoms with Gasteiger partial charge in [0.2, 0.25) is 0 Å². The SMILES string of the molecule is N#Cc1ccc(C2CC(COc3ccc(CO)cc3)NC2C(F)(F)F)cc1C(F)(F)F. The van der Waals surface area contributed by atoms with Crippen LogP contribution in [0.5, 0.6) is 5.75 Å². The Hall–Kier alpha value is -2.77. The minimum absolute atomic E-state index is 0.0951. The van der Waals surface area contributed by atoms with Crippen LogP contribution in [0.15, 0.2) is 42.5 Å². The summed E-state index contributed by atoms with van der Waals surface area (Å²) in [5, 5.41) is 20.4. The number of benzene rings is 2. The lowest BCUT2D eigenvalue weighted by atomic mass is 9.88. The maximum Gasteiger partial charge on any atom is 0.417 e. The van der Waals surface area contributed by atoms with Gasteiger partial charge in [0.05, 0.1) is 23.8 Å². The summed E-state index contributed by atoms with van der Waals surface area (Å²) in [4.78, 5) is 0. The highest BCUT2D eigenvalue weighted by atomic mass is 19.4. The van der Waals surface area contributed by atoms with Crippen LogP contribution in [0.1, 0.15) is 34.6 Å². The van der Waals surface area contributed by atoms with Crippen LogP contribution >= 0.6 is 0 Å². The van der Waals surface area contributed by atoms with Gasteiger partial charge in [-0.05, 0) is 41.8 Å². The van der Waals surface area contributed by atoms with Crippen molar-refractivity contribution in [3.63, 3.8) is 0 Å². The molecular weight excluding hydrogens is 426 g/mol. The van der Waals surface area contributed by atoms with E-state index in [2.05, 4.69) is 5.32 Å². The average molecular weight is 444 g/mol. The van der Waals surface area contributed by atoms with Crippen molar-refractivity contribution in [3.05, 3.63) is 64.7 Å². The molecule has 0 aliphatic carbocycles. The van der Waals surface area contributed by atoms with E-state index in [1.54, 1.807) is 24.3 Å². The Morgan fingerprint density at radius 3 is 2.29 bits per heavy atom. The molecule has 2 aromatic rings. The number of halogens is 6. The normalized spacial score (nSPS) is 21.7. The first-order valence-electron chi connectivity index (χ1n) is 9.29. The summed E-state index contributed by atoms with van der Waals surface area (Å²) in [7, 11) is 0. The van der Waals surface area contributed by atoms with Crippen LogP contribution < -0.4 is 10.1 Å². The van der Waals surface area contributed by atoms with Crippen molar-refractivity contribution in [2.75, 3.05) is 6.61 Å². The molecule has 2 N–H and O–H groups in total. The first-order valence-corrected chi connectivity index (χ1v) is 9.29. The first-order chi connectivity index (χ1) is 14.5. The molecule has 166 valence electrons. The summed E-state index contributed by atoms with van der Waals surface area (Å²) in [6.07, 6.45) is -9.64. The molecular formula is C21H18F6N2O2. The number of hydrogen-bond acceptors (Lipinski definition) is 4. The van der Waals surface area contributed by atoms with Crippen molar-refractivity contribution in [2.45, 2.75) is 43.4 Å². The van der Waals surface area contributed by atoms with Crippen LogP contribution in [-0.4, -0.2) is 30.0 Å². The monoisotopic (exact) mass is 444 g/mol. The van der Waals surface area contributed by atoms with E-state index in [0.717, 1.165) is 12.1 Å². The predicted octanol–water partition coefficient (Wildman–Crippen LogP) is 4.52. The molecule has 0 saturated carbocycles. The average Bonchev–Trinajstić information content (AvgIpc) is 3.16. The molecule has 0 bridgehead atoms. The van der Waals surface area contributed by atoms with Gasteiger partial charge in [0, 0.05) is 12.0 Å². The van der Waals surface area contributed by atoms with E-state index in [9.17, 15) is 26.3 Å². The van der Waals surface area contributed by atoms with Gasteiger partial charge in [0.15, 0.2) is 0 Å². The highest BCUT2D eigenvalue weighted by Crippen LogP contribution is 2.42. The molecule has 1 saturated heterocycles. The Morgan fingerprint density at radius 1 is 1.06 bits per heavy atom. The third kappa shape index (κ3) is 5.29. The van der Waals surface area contributed by atoms with Crippen molar-refractivity contribution in [3.8, 4) is 11.8 Å². The highest BCUT2D eigenvalue weighted by molar-refractivity contribution is 5.43. The van der Waals surface area contributed by atoms with E-state index in [1.165, 1.54) is 6.07 Å². The molecule has 3 unspecified atom stereocenters. The van der Waals surface area contributed by atoms with Crippen molar-refractivity contribution in [2.24, 2.45) is 0 Å². The molecule has 0 amide bonds. The zero-order valence-corrected chi connectivity index (χ0v) is 16.0. The molecule has 1 heterocycles. The molecule has 3 atom stereocenters. The summed E-state index contributed by atoms with van der Waals surface area (Å²) in [5.41, 5.74) is -1.39. The Kier molecular flexibility index (Phi) is 6.48. The van der Waals surface area contributed by atoms with Crippen LogP contribution in [0, 0.1) is 11.3 Å². The quantitative estimate of drug-likeness (QED) is 0.666. The number of rotatable bonds is 5. The molecule has 31 heavy (non-hydrogen) atoms. The maximum atomic E-state index is 13.6. The van der Waals surface area contributed by atoms with Crippen molar-refractivity contribution in [1.82, 2.24) is 5.32 Å². The maximum absolute atomic E-state index is 13.6. The van der Waals surface area contributed by atoms with Gasteiger partial charge in [-0.15, -0.1) is 0 Å². The Morgan fingerprint density at radius 2 is 1.74 bits per heavy atom. The van der Waals surface area contributed by atoms with E-state index in [4.69, 9.17) is 15.1 Å². The van der Waals surface area contributed by atoms with Gasteiger partial charge >= 0.3 is 12.4 Å². The van der Waals surface area contributed by atoms with Crippen molar-refractivity contribution >= 4 is 0 Å². The minimum atomic E-state index is -4.86. The lowest BCUT2D eigenvalue weighted by molar-refractivity contribution is -0.156. The van der Waals surface area contributed by atoms with E-state index in [1.807, 2.05) is 0 Å². The number of nitriles is 1. The fourth-order valence-corrected chi connectivity index (χ4v) is 3.66. The molecule has 1 aliphatic rings. The summed E-state index contributed by atoms with van der Waals surface area (Å²) >= 11 is 0. The van der Waals surface area contributed by atoms with Gasteiger partial charge in [0.25, 0.3) is 0 Å². The predicted molar refractivity (Wildman–Crippen MR) is 98.1 cm³/mol. The van der Waals surface area contributed by atoms with Gasteiger partial charge in [-0.2, -0.15) is 31.6 Å². The van der Waals surface area contributed by atoms with Crippen LogP contribution in [0.25, 0.3) is 0 Å². The van der Waals surface area contributed by atoms with Crippen molar-refractivity contribution in [1.29, 1.82) is 5.26 Å². The molecule has 0 spiro atoms. The standard InChI is InChI=1S/C21H18F6N2O2/c22-20(23,24)18-7-13(3-4-14(18)9-28)17-8-15(29-19(17)21(25,26)27)11-31-16-5-1-12(10-30)2-6-16/h1-7,15,17,19,29-30H,8,10-11H2. The van der Waals surface area contributed by atoms with Crippen LogP contribution in [0.2, 0.25) is 0 Å². The zero-order chi connectivity index (χ0) is 22.8. The van der Waals surface area contributed by atoms with Gasteiger partial charge in [0.1, 0.15) is 18.4 Å². The Bertz CT molecular complexity index is 950. The van der Waals surface area contributed by atoms with E-state index in [-0.39, 0.29) is 25.2 Å². The van der Waals surface area contributed by atoms with Crippen LogP contribution in [0.3, 0.4) is 0 Å². The lowest BCUT2D eigenvalue weighted by Gasteiger charge is -2.23. The second-order valence-electron chi connectivity index (χ2n) is 7.25. The molecule has 1 fully saturated rings. The van der Waals surface area contributed by atoms with Gasteiger partial charge in [-0.1, -0.05) is 18.2 Å². The topological polar surface area (TPSA) is 65.3 Å². The highest BCUT2D eigenvalue weighted by Gasteiger charge is 2.51. The smallest absolute Gasteiger partial charge is 0.417 e. The molecule has 4 nitrogen and oxygen atoms in total. The number of alkyl halides is 6. The van der Waals surface area contributed by atoms with E-state index in [0.29, 0.717) is 17.4 Å². The number of nitrogens with zero attached hydrogens (tertiary/aromatic N) is 1. The molecule has 0 aromatic heterocycles. The summed E-state index contributed by atoms with van der Waals surface area (Å²) in [6, 6.07) is 7.62. The fraction of sp³-hybridized carbons (Fsp3) is 0.381. The van der Waals surface area contributed by atoms with Gasteiger partial charge in [-0.3, -0.25) is 5.32 Å². The largest absolute Gasteiger partial charge is 0.492 e. The molecule has 3 rings (SSSR count). The van der Waals surface area contributed by atoms with Gasteiger partial charge in [-0.25, -0.2) is 0 Å². The molecule has 2 aromatic carbocycles. The third-order valence-corrected chi connectivity index (χ3v) is 5.16. The number of ether oxygens (including phenoxy) is 1. The second kappa shape index (κ2) is 8.77. The first kappa shape index (κ1) is 22.9. The Labute approximate surface area is 174 Å². The summed E-state index contributed by atoms with van der Waals surface area (Å²) in [6.45, 7) is -0.284. The zero-order valence-electron chi connectivity index (χ0n) is 16.0. The Balaban J connectivity index is 1.81. The third-order valence-electron chi connectivity index (χ3n) is 5.16. The number of nitrogens with one attached hydrogen (secondary N) is 1. The molecule has 10 heteroatoms. The summed E-state index contributed by atoms with van der Waals surface area (Å²) in [5.74, 6) is -0.872. The van der Waals surface area contributed by atoms with Crippen LogP contribution in [-0.2, 0) is 12.8 Å². The number of aliphatic hydroxyl groups excluding tert-OH is 1. The second-order valence-corrected chi connectivity index (χ2v) is 7.25. The van der Waals surface area contributed by atoms with E-state index < -0.39 is 41.5 Å². The lowest BCUT2D eigenvalue weighted by Crippen LogP contribution is -2.44. The van der Waals surface area contributed by atoms with Crippen LogP contribution in [0.4, 0.5) is 26.3 Å². The minimum Gasteiger partial charge on any atom is -0.492 e. The van der Waals surface area contributed by atoms with E-state index >= 15 is 0 Å². The fourth-order valence-electron chi connectivity index (χ4n) is 3.66. The summed E-state index contributed by atoms with van der Waals surface area (Å²) < 4.78 is 86.0. The molecule has 0 radical (unpaired) electrons. The van der Waals surface area contributed by atoms with Gasteiger partial charge < -0.3 is 9.84 Å². The number of hydrogen-bond donors (Lipinski definition) is 2. The molecule has 1 aliphatic heterocycles.